The monoisotopic (exact) mass is 661 g/mol. The van der Waals surface area contributed by atoms with Gasteiger partial charge in [0.1, 0.15) is 5.69 Å². The van der Waals surface area contributed by atoms with Gasteiger partial charge in [-0.15, -0.1) is 20.5 Å². The minimum absolute atomic E-state index is 0. The summed E-state index contributed by atoms with van der Waals surface area (Å²) < 4.78 is 67.9. The number of nitriles is 3. The summed E-state index contributed by atoms with van der Waals surface area (Å²) >= 11 is 0. The van der Waals surface area contributed by atoms with Crippen LogP contribution in [0.4, 0.5) is 11.9 Å². The molecule has 0 spiro atoms. The summed E-state index contributed by atoms with van der Waals surface area (Å²) in [7, 11) is -9.89. The van der Waals surface area contributed by atoms with E-state index in [-0.39, 0.29) is 34.4 Å². The summed E-state index contributed by atoms with van der Waals surface area (Å²) in [6.07, 6.45) is 1.71. The smallest absolute Gasteiger partial charge is 0.457 e. The third-order valence-electron chi connectivity index (χ3n) is 2.58. The third kappa shape index (κ3) is 36.1. The molecule has 3 aromatic heterocycles. The van der Waals surface area contributed by atoms with Crippen molar-refractivity contribution in [1.29, 1.82) is 15.8 Å². The van der Waals surface area contributed by atoms with E-state index in [0.717, 1.165) is 11.4 Å². The Morgan fingerprint density at radius 1 is 0.610 bits per heavy atom. The van der Waals surface area contributed by atoms with Crippen molar-refractivity contribution in [3.8, 4) is 41.1 Å². The van der Waals surface area contributed by atoms with Crippen molar-refractivity contribution < 1.29 is 80.3 Å². The summed E-state index contributed by atoms with van der Waals surface area (Å²) in [6.45, 7) is 4.29. The van der Waals surface area contributed by atoms with Crippen LogP contribution in [0.25, 0.3) is 22.9 Å². The van der Waals surface area contributed by atoms with Crippen molar-refractivity contribution in [1.82, 2.24) is 24.9 Å². The van der Waals surface area contributed by atoms with Crippen LogP contribution in [0.3, 0.4) is 0 Å². The molecule has 0 aliphatic heterocycles. The zero-order chi connectivity index (χ0) is 31.1. The predicted octanol–water partition coefficient (Wildman–Crippen LogP) is -7.69. The Kier molecular flexibility index (Phi) is 30.2. The fourth-order valence-corrected chi connectivity index (χ4v) is 1.74. The van der Waals surface area contributed by atoms with Gasteiger partial charge in [-0.3, -0.25) is 4.98 Å². The van der Waals surface area contributed by atoms with Gasteiger partial charge in [-0.1, -0.05) is 12.1 Å². The predicted molar refractivity (Wildman–Crippen MR) is 114 cm³/mol. The van der Waals surface area contributed by atoms with Gasteiger partial charge in [0.2, 0.25) is 11.9 Å². The molecular weight excluding hydrogens is 639 g/mol. The van der Waals surface area contributed by atoms with Crippen molar-refractivity contribution in [3.63, 3.8) is 0 Å². The molecule has 3 rings (SSSR count). The maximum atomic E-state index is 8.49. The minimum atomic E-state index is -4.94. The van der Waals surface area contributed by atoms with Gasteiger partial charge in [0.25, 0.3) is 0 Å². The molecule has 3 heterocycles. The van der Waals surface area contributed by atoms with E-state index in [1.807, 2.05) is 30.3 Å². The molecule has 0 radical (unpaired) electrons. The third-order valence-corrected chi connectivity index (χ3v) is 2.58. The SMILES string of the molecule is CC#N.CC#N.CC#N.Nc1nc(N)nc(-c2cccc(-c3ccccn3)n2)n1.[Fe+2].[O-][Cl+3]([O-])([O-])[O-].[O-][Cl+3]([O-])([O-])[O-].[OH3+]. The van der Waals surface area contributed by atoms with Crippen LogP contribution < -0.4 is 48.7 Å². The number of nitrogens with zero attached hydrogens (tertiary/aromatic N) is 8. The van der Waals surface area contributed by atoms with Crippen LogP contribution in [-0.2, 0) is 22.5 Å². The molecule has 22 heteroatoms. The Morgan fingerprint density at radius 2 is 0.951 bits per heavy atom. The molecule has 3 aromatic rings. The first-order valence-corrected chi connectivity index (χ1v) is 11.8. The zero-order valence-electron chi connectivity index (χ0n) is 21.2. The number of rotatable bonds is 2. The van der Waals surface area contributed by atoms with Crippen LogP contribution in [0, 0.1) is 54.5 Å². The molecule has 0 fully saturated rings. The van der Waals surface area contributed by atoms with Crippen LogP contribution in [0.1, 0.15) is 20.8 Å². The number of pyridine rings is 2. The first-order chi connectivity index (χ1) is 18.0. The van der Waals surface area contributed by atoms with E-state index in [0.29, 0.717) is 11.5 Å². The van der Waals surface area contributed by atoms with E-state index < -0.39 is 20.5 Å². The van der Waals surface area contributed by atoms with E-state index in [2.05, 4.69) is 24.9 Å². The molecule has 7 N–H and O–H groups in total. The summed E-state index contributed by atoms with van der Waals surface area (Å²) in [4.78, 5) is 20.5. The second kappa shape index (κ2) is 26.3. The Bertz CT molecular complexity index is 1140. The van der Waals surface area contributed by atoms with E-state index in [4.69, 9.17) is 64.5 Å². The molecule has 0 amide bonds. The summed E-state index contributed by atoms with van der Waals surface area (Å²) in [5.74, 6) is 0.475. The molecule has 0 atom stereocenters. The van der Waals surface area contributed by atoms with Crippen molar-refractivity contribution in [2.45, 2.75) is 20.8 Å². The van der Waals surface area contributed by atoms with Gasteiger partial charge in [0.05, 0.1) is 29.6 Å². The first kappa shape index (κ1) is 46.9. The molecule has 0 saturated carbocycles. The molecule has 0 bridgehead atoms. The molecule has 0 aliphatic carbocycles. The number of nitrogen functional groups attached to an aromatic ring is 2. The molecule has 41 heavy (non-hydrogen) atoms. The standard InChI is InChI=1S/C13H11N7.3C2H3N.2ClHO4.Fe.H2O/c14-12-18-11(19-13(15)20-12)10-6-3-5-9(17-10)8-4-1-2-7-16-8;3*1-2-3;2*2-1(3,4)5;;/h1-7H,(H4,14,15,18,19,20);3*1H3;2*(H,2,3,4,5);;1H2/q;;;;;;+2;/p-1. The average molecular weight is 662 g/mol. The number of aromatic nitrogens is 5. The normalized spacial score (nSPS) is 8.59. The van der Waals surface area contributed by atoms with Gasteiger partial charge < -0.3 is 16.9 Å². The van der Waals surface area contributed by atoms with Crippen LogP contribution in [0.15, 0.2) is 42.6 Å². The van der Waals surface area contributed by atoms with Crippen molar-refractivity contribution in [2.24, 2.45) is 0 Å². The molecule has 0 aliphatic rings. The quantitative estimate of drug-likeness (QED) is 0.190. The number of nitrogens with two attached hydrogens (primary N) is 2. The summed E-state index contributed by atoms with van der Waals surface area (Å²) in [5, 5.41) is 22.0. The molecule has 0 aromatic carbocycles. The zero-order valence-corrected chi connectivity index (χ0v) is 23.8. The number of halogens is 2. The van der Waals surface area contributed by atoms with E-state index in [1.54, 1.807) is 30.5 Å². The maximum absolute atomic E-state index is 8.49. The van der Waals surface area contributed by atoms with Crippen LogP contribution in [-0.4, -0.2) is 24.9 Å². The second-order valence-electron chi connectivity index (χ2n) is 5.43. The summed E-state index contributed by atoms with van der Waals surface area (Å²) in [5.41, 5.74) is 13.2. The second-order valence-corrected chi connectivity index (χ2v) is 6.94. The minimum Gasteiger partial charge on any atom is -0.457 e. The molecular formula is C19H23Cl2FeN10O9+. The van der Waals surface area contributed by atoms with E-state index in [9.17, 15) is 0 Å². The maximum Gasteiger partial charge on any atom is 2.00 e. The van der Waals surface area contributed by atoms with Gasteiger partial charge in [-0.2, -0.15) is 30.7 Å². The Morgan fingerprint density at radius 3 is 1.29 bits per heavy atom. The van der Waals surface area contributed by atoms with Crippen molar-refractivity contribution >= 4 is 11.9 Å². The van der Waals surface area contributed by atoms with Gasteiger partial charge in [0, 0.05) is 27.0 Å². The first-order valence-electron chi connectivity index (χ1n) is 9.29. The van der Waals surface area contributed by atoms with Gasteiger partial charge in [0.15, 0.2) is 5.82 Å². The average Bonchev–Trinajstić information content (AvgIpc) is 2.79. The van der Waals surface area contributed by atoms with Crippen molar-refractivity contribution in [2.75, 3.05) is 11.5 Å². The number of anilines is 2. The van der Waals surface area contributed by atoms with Gasteiger partial charge in [-0.25, -0.2) is 42.3 Å². The van der Waals surface area contributed by atoms with E-state index in [1.165, 1.54) is 20.8 Å². The van der Waals surface area contributed by atoms with E-state index >= 15 is 0 Å². The number of hydrogen-bond donors (Lipinski definition) is 2. The Hall–Kier alpha value is -3.88. The van der Waals surface area contributed by atoms with Crippen LogP contribution in [0.5, 0.6) is 0 Å². The molecule has 224 valence electrons. The summed E-state index contributed by atoms with van der Waals surface area (Å²) in [6, 6.07) is 16.4. The fourth-order valence-electron chi connectivity index (χ4n) is 1.74. The molecule has 19 nitrogen and oxygen atoms in total. The largest absolute Gasteiger partial charge is 2.00 e. The fraction of sp³-hybridized carbons (Fsp3) is 0.158. The molecule has 0 unspecified atom stereocenters. The van der Waals surface area contributed by atoms with Gasteiger partial charge >= 0.3 is 17.1 Å². The Balaban J connectivity index is -0.000000171. The topological polar surface area (TPSA) is 405 Å². The van der Waals surface area contributed by atoms with Crippen LogP contribution in [0.2, 0.25) is 0 Å². The van der Waals surface area contributed by atoms with Gasteiger partial charge in [-0.05, 0) is 24.3 Å². The Labute approximate surface area is 248 Å². The molecule has 0 saturated heterocycles. The van der Waals surface area contributed by atoms with Crippen LogP contribution >= 0.6 is 0 Å². The van der Waals surface area contributed by atoms with Crippen molar-refractivity contribution in [3.05, 3.63) is 42.6 Å². The number of hydrogen-bond acceptors (Lipinski definition) is 18.